The van der Waals surface area contributed by atoms with Gasteiger partial charge in [-0.1, -0.05) is 6.07 Å². The Bertz CT molecular complexity index is 359. The van der Waals surface area contributed by atoms with E-state index in [1.165, 1.54) is 19.0 Å². The zero-order chi connectivity index (χ0) is 12.3. The molecule has 0 aliphatic carbocycles. The number of hydrogen-bond donors (Lipinski definition) is 1. The molecule has 1 fully saturated rings. The topological polar surface area (TPSA) is 42.1 Å². The minimum atomic E-state index is -2.84. The molecule has 0 spiro atoms. The van der Waals surface area contributed by atoms with E-state index in [0.29, 0.717) is 5.56 Å². The molecule has 94 valence electrons. The summed E-state index contributed by atoms with van der Waals surface area (Å²) in [5.41, 5.74) is 5.54. The molecule has 1 aliphatic rings. The van der Waals surface area contributed by atoms with Crippen molar-refractivity contribution in [3.8, 4) is 0 Å². The Labute approximate surface area is 99.6 Å². The van der Waals surface area contributed by atoms with E-state index in [2.05, 4.69) is 9.88 Å². The zero-order valence-electron chi connectivity index (χ0n) is 9.70. The fourth-order valence-electron chi connectivity index (χ4n) is 2.03. The molecule has 0 bridgehead atoms. The lowest BCUT2D eigenvalue weighted by molar-refractivity contribution is 0.0114. The zero-order valence-corrected chi connectivity index (χ0v) is 9.70. The Kier molecular flexibility index (Phi) is 3.57. The quantitative estimate of drug-likeness (QED) is 0.874. The number of nitrogens with two attached hydrogens (primary N) is 1. The van der Waals surface area contributed by atoms with Gasteiger partial charge >= 0.3 is 0 Å². The molecule has 0 saturated carbocycles. The first-order valence-electron chi connectivity index (χ1n) is 5.88. The Morgan fingerprint density at radius 1 is 1.29 bits per heavy atom. The molecule has 5 heteroatoms. The van der Waals surface area contributed by atoms with Crippen LogP contribution in [0.3, 0.4) is 0 Å². The molecular weight excluding hydrogens is 224 g/mol. The Balaban J connectivity index is 2.02. The maximum Gasteiger partial charge on any atom is 0.264 e. The predicted octanol–water partition coefficient (Wildman–Crippen LogP) is 1.82. The molecule has 2 heterocycles. The third-order valence-electron chi connectivity index (χ3n) is 3.00. The third kappa shape index (κ3) is 3.12. The molecule has 2 N–H and O–H groups in total. The van der Waals surface area contributed by atoms with Crippen molar-refractivity contribution in [2.75, 3.05) is 24.5 Å². The van der Waals surface area contributed by atoms with Gasteiger partial charge < -0.3 is 10.6 Å². The number of aromatic nitrogens is 1. The predicted molar refractivity (Wildman–Crippen MR) is 63.4 cm³/mol. The monoisotopic (exact) mass is 241 g/mol. The highest BCUT2D eigenvalue weighted by atomic mass is 19.3. The van der Waals surface area contributed by atoms with Crippen LogP contribution in [-0.4, -0.2) is 30.5 Å². The number of nitrogens with zero attached hydrogens (tertiary/aromatic N) is 2. The van der Waals surface area contributed by atoms with Crippen molar-refractivity contribution in [1.29, 1.82) is 0 Å². The summed E-state index contributed by atoms with van der Waals surface area (Å²) < 4.78 is 26.2. The highest BCUT2D eigenvalue weighted by Crippen LogP contribution is 2.21. The molecule has 0 aromatic carbocycles. The van der Waals surface area contributed by atoms with Crippen molar-refractivity contribution in [2.45, 2.75) is 25.2 Å². The van der Waals surface area contributed by atoms with Crippen LogP contribution < -0.4 is 10.6 Å². The van der Waals surface area contributed by atoms with Gasteiger partial charge in [0.15, 0.2) is 0 Å². The van der Waals surface area contributed by atoms with Gasteiger partial charge in [-0.3, -0.25) is 0 Å². The molecule has 1 aromatic heterocycles. The van der Waals surface area contributed by atoms with Crippen LogP contribution in [0.4, 0.5) is 14.6 Å². The summed E-state index contributed by atoms with van der Waals surface area (Å²) in [6.45, 7) is 1.39. The Morgan fingerprint density at radius 2 is 2.00 bits per heavy atom. The van der Waals surface area contributed by atoms with Crippen molar-refractivity contribution in [3.05, 3.63) is 23.9 Å². The summed E-state index contributed by atoms with van der Waals surface area (Å²) in [5.74, 6) is -1.96. The minimum absolute atomic E-state index is 0.337. The fraction of sp³-hybridized carbons (Fsp3) is 0.583. The van der Waals surface area contributed by atoms with Crippen molar-refractivity contribution in [2.24, 2.45) is 5.73 Å². The maximum atomic E-state index is 13.1. The molecule has 3 nitrogen and oxygen atoms in total. The molecule has 0 amide bonds. The summed E-state index contributed by atoms with van der Waals surface area (Å²) >= 11 is 0. The van der Waals surface area contributed by atoms with E-state index >= 15 is 0 Å². The molecule has 17 heavy (non-hydrogen) atoms. The standard InChI is InChI=1S/C12H17F2N3/c13-12(14,9-15)7-10-3-4-11(16-8-10)17-5-1-2-6-17/h3-4,8H,1-2,5-7,9,15H2. The first-order valence-corrected chi connectivity index (χ1v) is 5.88. The number of pyridine rings is 1. The van der Waals surface area contributed by atoms with Gasteiger partial charge in [0, 0.05) is 25.7 Å². The lowest BCUT2D eigenvalue weighted by Gasteiger charge is -2.17. The first-order chi connectivity index (χ1) is 8.11. The molecular formula is C12H17F2N3. The van der Waals surface area contributed by atoms with E-state index in [0.717, 1.165) is 18.9 Å². The van der Waals surface area contributed by atoms with Gasteiger partial charge in [0.1, 0.15) is 5.82 Å². The van der Waals surface area contributed by atoms with E-state index in [9.17, 15) is 8.78 Å². The summed E-state index contributed by atoms with van der Waals surface area (Å²) in [5, 5.41) is 0. The number of hydrogen-bond acceptors (Lipinski definition) is 3. The van der Waals surface area contributed by atoms with Gasteiger partial charge in [-0.05, 0) is 24.5 Å². The lowest BCUT2D eigenvalue weighted by Crippen LogP contribution is -2.30. The molecule has 0 unspecified atom stereocenters. The van der Waals surface area contributed by atoms with Crippen LogP contribution in [0.1, 0.15) is 18.4 Å². The molecule has 1 aromatic rings. The van der Waals surface area contributed by atoms with Crippen LogP contribution in [-0.2, 0) is 6.42 Å². The van der Waals surface area contributed by atoms with E-state index in [-0.39, 0.29) is 6.42 Å². The van der Waals surface area contributed by atoms with Gasteiger partial charge in [-0.2, -0.15) is 0 Å². The second-order valence-corrected chi connectivity index (χ2v) is 4.46. The summed E-state index contributed by atoms with van der Waals surface area (Å²) in [7, 11) is 0. The van der Waals surface area contributed by atoms with Crippen molar-refractivity contribution < 1.29 is 8.78 Å². The Hall–Kier alpha value is -1.23. The summed E-state index contributed by atoms with van der Waals surface area (Å²) in [4.78, 5) is 6.40. The molecule has 2 rings (SSSR count). The van der Waals surface area contributed by atoms with Crippen molar-refractivity contribution in [3.63, 3.8) is 0 Å². The average molecular weight is 241 g/mol. The van der Waals surface area contributed by atoms with Gasteiger partial charge in [0.25, 0.3) is 5.92 Å². The van der Waals surface area contributed by atoms with Crippen LogP contribution in [0, 0.1) is 0 Å². The normalized spacial score (nSPS) is 16.5. The molecule has 0 atom stereocenters. The van der Waals surface area contributed by atoms with Crippen molar-refractivity contribution >= 4 is 5.82 Å². The van der Waals surface area contributed by atoms with Crippen LogP contribution in [0.2, 0.25) is 0 Å². The number of anilines is 1. The molecule has 1 aliphatic heterocycles. The molecule has 1 saturated heterocycles. The van der Waals surface area contributed by atoms with Gasteiger partial charge in [0.2, 0.25) is 0 Å². The van der Waals surface area contributed by atoms with E-state index in [1.54, 1.807) is 6.07 Å². The van der Waals surface area contributed by atoms with E-state index in [4.69, 9.17) is 5.73 Å². The summed E-state index contributed by atoms with van der Waals surface area (Å²) in [6.07, 6.45) is 3.54. The number of halogens is 2. The minimum Gasteiger partial charge on any atom is -0.357 e. The maximum absolute atomic E-state index is 13.1. The Morgan fingerprint density at radius 3 is 2.53 bits per heavy atom. The second-order valence-electron chi connectivity index (χ2n) is 4.46. The third-order valence-corrected chi connectivity index (χ3v) is 3.00. The molecule has 0 radical (unpaired) electrons. The first kappa shape index (κ1) is 12.2. The highest BCUT2D eigenvalue weighted by molar-refractivity contribution is 5.40. The highest BCUT2D eigenvalue weighted by Gasteiger charge is 2.27. The van der Waals surface area contributed by atoms with Gasteiger partial charge in [-0.25, -0.2) is 13.8 Å². The van der Waals surface area contributed by atoms with Gasteiger partial charge in [-0.15, -0.1) is 0 Å². The lowest BCUT2D eigenvalue weighted by atomic mass is 10.1. The fourth-order valence-corrected chi connectivity index (χ4v) is 2.03. The van der Waals surface area contributed by atoms with Crippen LogP contribution in [0.15, 0.2) is 18.3 Å². The van der Waals surface area contributed by atoms with E-state index in [1.807, 2.05) is 6.07 Å². The smallest absolute Gasteiger partial charge is 0.264 e. The summed E-state index contributed by atoms with van der Waals surface area (Å²) in [6, 6.07) is 3.53. The largest absolute Gasteiger partial charge is 0.357 e. The van der Waals surface area contributed by atoms with Crippen molar-refractivity contribution in [1.82, 2.24) is 4.98 Å². The van der Waals surface area contributed by atoms with Gasteiger partial charge in [0.05, 0.1) is 6.54 Å². The van der Waals surface area contributed by atoms with Crippen LogP contribution >= 0.6 is 0 Å². The number of alkyl halides is 2. The second kappa shape index (κ2) is 4.96. The average Bonchev–Trinajstić information content (AvgIpc) is 2.83. The van der Waals surface area contributed by atoms with Crippen LogP contribution in [0.5, 0.6) is 0 Å². The SMILES string of the molecule is NCC(F)(F)Cc1ccc(N2CCCC2)nc1. The van der Waals surface area contributed by atoms with Crippen LogP contribution in [0.25, 0.3) is 0 Å². The number of rotatable bonds is 4. The van der Waals surface area contributed by atoms with E-state index < -0.39 is 12.5 Å².